The van der Waals surface area contributed by atoms with Gasteiger partial charge < -0.3 is 33.8 Å². The third-order valence-electron chi connectivity index (χ3n) is 18.5. The van der Waals surface area contributed by atoms with Crippen molar-refractivity contribution in [2.24, 2.45) is 23.7 Å². The fourth-order valence-corrected chi connectivity index (χ4v) is 13.2. The van der Waals surface area contributed by atoms with E-state index in [0.29, 0.717) is 31.6 Å². The van der Waals surface area contributed by atoms with Gasteiger partial charge in [-0.3, -0.25) is 37.3 Å². The van der Waals surface area contributed by atoms with E-state index >= 15 is 0 Å². The van der Waals surface area contributed by atoms with Crippen molar-refractivity contribution in [2.45, 2.75) is 408 Å². The van der Waals surface area contributed by atoms with Gasteiger partial charge in [-0.2, -0.15) is 0 Å². The number of phosphoric acid groups is 2. The number of ether oxygens (including phenoxy) is 4. The van der Waals surface area contributed by atoms with Crippen LogP contribution >= 0.6 is 15.6 Å². The van der Waals surface area contributed by atoms with Crippen LogP contribution in [-0.2, 0) is 65.4 Å². The number of carbonyl (C=O) groups is 4. The van der Waals surface area contributed by atoms with Gasteiger partial charge in [0.1, 0.15) is 19.3 Å². The van der Waals surface area contributed by atoms with Crippen molar-refractivity contribution in [3.05, 3.63) is 0 Å². The van der Waals surface area contributed by atoms with E-state index in [-0.39, 0.29) is 25.7 Å². The third kappa shape index (κ3) is 67.9. The SMILES string of the molecule is CCC(C)CCCCCCCCCCCCCCCCCCCCC(=O)OC[C@H](COP(=O)(O)OCC(O)COP(=O)(O)OC[C@@H](COC(=O)CCCCCCCCCC(C)C)OC(=O)CCCCCCCCCCCCCC(C)C)OC(=O)CCCCCCCCC(C)CC. The molecule has 0 heterocycles. The first-order valence-corrected chi connectivity index (χ1v) is 42.8. The van der Waals surface area contributed by atoms with Crippen LogP contribution in [0, 0.1) is 23.7 Å². The Morgan fingerprint density at radius 2 is 0.500 bits per heavy atom. The predicted molar refractivity (Wildman–Crippen MR) is 391 cm³/mol. The van der Waals surface area contributed by atoms with Crippen molar-refractivity contribution >= 4 is 39.5 Å². The lowest BCUT2D eigenvalue weighted by atomic mass is 9.99. The van der Waals surface area contributed by atoms with Crippen LogP contribution < -0.4 is 0 Å². The minimum absolute atomic E-state index is 0.103. The summed E-state index contributed by atoms with van der Waals surface area (Å²) in [5, 5.41) is 10.6. The third-order valence-corrected chi connectivity index (χ3v) is 20.4. The van der Waals surface area contributed by atoms with Crippen LogP contribution in [0.3, 0.4) is 0 Å². The Morgan fingerprint density at radius 1 is 0.292 bits per heavy atom. The van der Waals surface area contributed by atoms with Gasteiger partial charge in [0.05, 0.1) is 26.4 Å². The quantitative estimate of drug-likeness (QED) is 0.0222. The van der Waals surface area contributed by atoms with Gasteiger partial charge in [0.25, 0.3) is 0 Å². The molecule has 0 aliphatic rings. The standard InChI is InChI=1S/C77H150O17P2/c1-9-69(7)55-47-39-31-25-21-17-15-13-11-12-14-16-18-22-26-32-41-49-57-74(79)87-64-73(94-77(82)60-52-44-36-35-40-48-56-70(8)10-2)66-92-96(85,86)90-62-71(78)61-89-95(83,84)91-65-72(63-88-75(80)58-50-42-34-28-30-38-46-54-68(5)6)93-76(81)59-51-43-33-27-23-19-20-24-29-37-45-53-67(3)4/h67-73,78H,9-66H2,1-8H3,(H,83,84)(H,85,86)/t69?,70?,71?,72-,73-/m1/s1. The molecule has 0 aromatic carbocycles. The summed E-state index contributed by atoms with van der Waals surface area (Å²) in [5.41, 5.74) is 0. The fraction of sp³-hybridized carbons (Fsp3) is 0.948. The molecule has 0 saturated carbocycles. The number of rotatable bonds is 74. The Labute approximate surface area is 588 Å². The number of phosphoric ester groups is 2. The maximum atomic E-state index is 13.1. The summed E-state index contributed by atoms with van der Waals surface area (Å²) in [5.74, 6) is 0.939. The first kappa shape index (κ1) is 94.1. The average Bonchev–Trinajstić information content (AvgIpc) is 1.32. The van der Waals surface area contributed by atoms with E-state index in [0.717, 1.165) is 114 Å². The molecule has 0 fully saturated rings. The molecule has 0 aromatic rings. The second-order valence-electron chi connectivity index (χ2n) is 29.2. The average molecular weight is 1410 g/mol. The van der Waals surface area contributed by atoms with Gasteiger partial charge in [-0.15, -0.1) is 0 Å². The highest BCUT2D eigenvalue weighted by molar-refractivity contribution is 7.47. The van der Waals surface area contributed by atoms with Crippen molar-refractivity contribution in [3.8, 4) is 0 Å². The lowest BCUT2D eigenvalue weighted by Crippen LogP contribution is -2.30. The maximum Gasteiger partial charge on any atom is 0.472 e. The summed E-state index contributed by atoms with van der Waals surface area (Å²) in [6.07, 6.45) is 51.6. The zero-order valence-electron chi connectivity index (χ0n) is 63.0. The van der Waals surface area contributed by atoms with Gasteiger partial charge in [0, 0.05) is 25.7 Å². The lowest BCUT2D eigenvalue weighted by molar-refractivity contribution is -0.161. The molecule has 5 unspecified atom stereocenters. The first-order valence-electron chi connectivity index (χ1n) is 39.8. The molecule has 570 valence electrons. The van der Waals surface area contributed by atoms with Gasteiger partial charge in [0.2, 0.25) is 0 Å². The Kier molecular flexibility index (Phi) is 65.0. The Hall–Kier alpha value is -1.94. The minimum atomic E-state index is -4.96. The highest BCUT2D eigenvalue weighted by atomic mass is 31.2. The van der Waals surface area contributed by atoms with E-state index in [2.05, 4.69) is 55.4 Å². The lowest BCUT2D eigenvalue weighted by Gasteiger charge is -2.21. The molecule has 0 bridgehead atoms. The normalized spacial score (nSPS) is 14.7. The Bertz CT molecular complexity index is 1890. The van der Waals surface area contributed by atoms with Crippen LogP contribution in [0.15, 0.2) is 0 Å². The minimum Gasteiger partial charge on any atom is -0.462 e. The number of hydrogen-bond donors (Lipinski definition) is 3. The van der Waals surface area contributed by atoms with Crippen molar-refractivity contribution in [2.75, 3.05) is 39.6 Å². The van der Waals surface area contributed by atoms with Crippen LogP contribution in [-0.4, -0.2) is 96.7 Å². The first-order chi connectivity index (χ1) is 46.2. The van der Waals surface area contributed by atoms with Gasteiger partial charge in [0.15, 0.2) is 12.2 Å². The molecule has 7 atom stereocenters. The number of esters is 4. The van der Waals surface area contributed by atoms with E-state index in [9.17, 15) is 43.2 Å². The van der Waals surface area contributed by atoms with Gasteiger partial charge in [-0.05, 0) is 49.4 Å². The maximum absolute atomic E-state index is 13.1. The van der Waals surface area contributed by atoms with E-state index < -0.39 is 97.5 Å². The largest absolute Gasteiger partial charge is 0.472 e. The van der Waals surface area contributed by atoms with Crippen molar-refractivity contribution in [3.63, 3.8) is 0 Å². The molecule has 0 radical (unpaired) electrons. The topological polar surface area (TPSA) is 237 Å². The summed E-state index contributed by atoms with van der Waals surface area (Å²) >= 11 is 0. The van der Waals surface area contributed by atoms with E-state index in [4.69, 9.17) is 37.0 Å². The van der Waals surface area contributed by atoms with Crippen molar-refractivity contribution in [1.82, 2.24) is 0 Å². The molecular weight excluding hydrogens is 1260 g/mol. The molecule has 19 heteroatoms. The van der Waals surface area contributed by atoms with Crippen LogP contribution in [0.1, 0.15) is 389 Å². The number of carbonyl (C=O) groups excluding carboxylic acids is 4. The highest BCUT2D eigenvalue weighted by Gasteiger charge is 2.30. The van der Waals surface area contributed by atoms with Crippen LogP contribution in [0.4, 0.5) is 0 Å². The number of hydrogen-bond acceptors (Lipinski definition) is 15. The van der Waals surface area contributed by atoms with Crippen LogP contribution in [0.2, 0.25) is 0 Å². The fourth-order valence-electron chi connectivity index (χ4n) is 11.7. The molecule has 0 aromatic heterocycles. The number of aliphatic hydroxyl groups excluding tert-OH is 1. The molecule has 0 aliphatic carbocycles. The van der Waals surface area contributed by atoms with Gasteiger partial charge in [-0.25, -0.2) is 9.13 Å². The number of aliphatic hydroxyl groups is 1. The Morgan fingerprint density at radius 3 is 0.740 bits per heavy atom. The summed E-state index contributed by atoms with van der Waals surface area (Å²) in [7, 11) is -9.91. The van der Waals surface area contributed by atoms with E-state index in [1.54, 1.807) is 0 Å². The van der Waals surface area contributed by atoms with E-state index in [1.807, 2.05) is 0 Å². The summed E-state index contributed by atoms with van der Waals surface area (Å²) in [6, 6.07) is 0. The predicted octanol–water partition coefficient (Wildman–Crippen LogP) is 22.4. The molecule has 0 rings (SSSR count). The number of unbranched alkanes of at least 4 members (excludes halogenated alkanes) is 38. The summed E-state index contributed by atoms with van der Waals surface area (Å²) in [4.78, 5) is 72.7. The van der Waals surface area contributed by atoms with Gasteiger partial charge in [-0.1, -0.05) is 338 Å². The van der Waals surface area contributed by atoms with Crippen LogP contribution in [0.5, 0.6) is 0 Å². The second kappa shape index (κ2) is 66.3. The summed E-state index contributed by atoms with van der Waals surface area (Å²) in [6.45, 7) is 14.2. The zero-order chi connectivity index (χ0) is 71.0. The van der Waals surface area contributed by atoms with Gasteiger partial charge >= 0.3 is 39.5 Å². The Balaban J connectivity index is 5.14. The molecule has 0 amide bonds. The molecular formula is C77H150O17P2. The molecule has 0 saturated heterocycles. The smallest absolute Gasteiger partial charge is 0.462 e. The van der Waals surface area contributed by atoms with Crippen molar-refractivity contribution < 1.29 is 80.2 Å². The van der Waals surface area contributed by atoms with Crippen molar-refractivity contribution in [1.29, 1.82) is 0 Å². The molecule has 17 nitrogen and oxygen atoms in total. The summed E-state index contributed by atoms with van der Waals surface area (Å²) < 4.78 is 68.5. The molecule has 0 spiro atoms. The second-order valence-corrected chi connectivity index (χ2v) is 32.1. The van der Waals surface area contributed by atoms with E-state index in [1.165, 1.54) is 186 Å². The highest BCUT2D eigenvalue weighted by Crippen LogP contribution is 2.45. The molecule has 0 aliphatic heterocycles. The van der Waals surface area contributed by atoms with Crippen LogP contribution in [0.25, 0.3) is 0 Å². The molecule has 96 heavy (non-hydrogen) atoms. The zero-order valence-corrected chi connectivity index (χ0v) is 64.8. The monoisotopic (exact) mass is 1410 g/mol. The molecule has 3 N–H and O–H groups in total.